The zero-order valence-electron chi connectivity index (χ0n) is 77.6. The highest BCUT2D eigenvalue weighted by Crippen LogP contribution is 2.37. The number of benzene rings is 11. The van der Waals surface area contributed by atoms with Gasteiger partial charge in [0.2, 0.25) is 29.4 Å². The molecule has 0 aliphatic carbocycles. The Bertz CT molecular complexity index is 8340. The van der Waals surface area contributed by atoms with Crippen LogP contribution in [0.4, 0.5) is 8.78 Å². The summed E-state index contributed by atoms with van der Waals surface area (Å²) in [6.07, 6.45) is 18.7. The first-order chi connectivity index (χ1) is 69.8. The molecule has 8 N–H and O–H groups in total. The molecule has 23 aromatic rings. The van der Waals surface area contributed by atoms with Crippen LogP contribution in [0.3, 0.4) is 0 Å². The van der Waals surface area contributed by atoms with Crippen LogP contribution in [0.5, 0.6) is 46.6 Å². The molecule has 12 heterocycles. The minimum Gasteiger partial charge on any atom is -0.508 e. The van der Waals surface area contributed by atoms with Crippen LogP contribution in [0, 0.1) is 18.6 Å². The standard InChI is InChI=1S/C26H19F2N3O2.C25H20N4O2.C24H19N3O3.C21H19N3O.C20H17N3O/c27-20-11-8-18(14-21(20)28)24-15-31-25(22(29-24)12-16-4-2-1-3-5-16)30-23(26(31)33)13-17-6-9-19(32)10-7-17;30-20-8-6-18(7-9-20)15-22-25(31)29-16-23(19-10-12-26-13-11-19)27-21(24(29)28-22)14-17-4-2-1-3-5-17;28-18-10-8-17(9-11-18)14-20-24(29)27-15-21(22-7-4-12-30-22)25-19(23(27)26-20)13-16-5-2-1-3-6-16;1-2-17-21(25)24-14-19(16-11-7-4-8-12-16)22-18(20(24)23-17)13-15-9-5-3-6-10-15;1-14-20(24)23-13-18(16-10-6-3-7-11-16)22-17(19(23)21-14)12-15-8-4-2-5-9-15/h1-11,14-15,32-33H,12-13H2;1-13,16,30-31H,14-15H2;1-12,15,28-29H,13-14H2;3-12,14,25H,2,13H2,1H3;2-11,13,24H,12H2,1H3. The maximum Gasteiger partial charge on any atom is 0.219 e. The van der Waals surface area contributed by atoms with E-state index in [1.54, 1.807) is 104 Å². The van der Waals surface area contributed by atoms with Gasteiger partial charge in [0.05, 0.1) is 57.5 Å². The van der Waals surface area contributed by atoms with Gasteiger partial charge in [0.1, 0.15) is 51.4 Å². The average Bonchev–Trinajstić information content (AvgIpc) is 1.84. The van der Waals surface area contributed by atoms with E-state index in [0.717, 1.165) is 113 Å². The van der Waals surface area contributed by atoms with Gasteiger partial charge in [0.15, 0.2) is 45.6 Å². The number of aromatic hydroxyl groups is 8. The average molecular weight is 1890 g/mol. The molecule has 0 radical (unpaired) electrons. The number of nitrogens with zero attached hydrogens (tertiary/aromatic N) is 16. The van der Waals surface area contributed by atoms with Crippen molar-refractivity contribution in [2.45, 2.75) is 71.6 Å². The van der Waals surface area contributed by atoms with Gasteiger partial charge in [-0.25, -0.2) is 58.6 Å². The molecule has 23 rings (SSSR count). The second-order valence-electron chi connectivity index (χ2n) is 34.2. The van der Waals surface area contributed by atoms with Gasteiger partial charge < -0.3 is 45.3 Å². The molecular formula is C116H94F2N16O9. The Kier molecular flexibility index (Phi) is 27.7. The normalized spacial score (nSPS) is 11.1. The third kappa shape index (κ3) is 21.6. The number of halogens is 2. The summed E-state index contributed by atoms with van der Waals surface area (Å²) in [5.74, 6) is -0.243. The second-order valence-corrected chi connectivity index (χ2v) is 34.2. The van der Waals surface area contributed by atoms with Gasteiger partial charge in [-0.3, -0.25) is 27.0 Å². The number of hydrogen-bond acceptors (Lipinski definition) is 20. The zero-order valence-corrected chi connectivity index (χ0v) is 77.6. The van der Waals surface area contributed by atoms with E-state index in [-0.39, 0.29) is 46.6 Å². The van der Waals surface area contributed by atoms with Gasteiger partial charge in [0.25, 0.3) is 0 Å². The van der Waals surface area contributed by atoms with Crippen molar-refractivity contribution in [2.24, 2.45) is 0 Å². The van der Waals surface area contributed by atoms with E-state index >= 15 is 0 Å². The second kappa shape index (κ2) is 42.4. The number of fused-ring (bicyclic) bond motifs is 5. The summed E-state index contributed by atoms with van der Waals surface area (Å²) < 4.78 is 41.3. The zero-order chi connectivity index (χ0) is 98.4. The minimum atomic E-state index is -0.970. The number of imidazole rings is 5. The van der Waals surface area contributed by atoms with Gasteiger partial charge in [0, 0.05) is 117 Å². The first-order valence-corrected chi connectivity index (χ1v) is 46.3. The lowest BCUT2D eigenvalue weighted by Crippen LogP contribution is -2.01. The lowest BCUT2D eigenvalue weighted by molar-refractivity contribution is 0.441. The number of rotatable bonds is 22. The van der Waals surface area contributed by atoms with Crippen LogP contribution in [-0.4, -0.2) is 118 Å². The van der Waals surface area contributed by atoms with Crippen LogP contribution >= 0.6 is 0 Å². The number of phenolic OH excluding ortho intramolecular Hbond substituents is 3. The van der Waals surface area contributed by atoms with E-state index in [1.165, 1.54) is 16.0 Å². The molecule has 0 bridgehead atoms. The Morgan fingerprint density at radius 2 is 0.517 bits per heavy atom. The molecule has 12 aromatic heterocycles. The van der Waals surface area contributed by atoms with E-state index in [0.29, 0.717) is 137 Å². The topological polar surface area (TPSA) is 339 Å². The SMILES string of the molecule is CCc1nc2c(Cc3ccccc3)nc(-c3ccccc3)cn2c1O.Cc1nc2c(Cc3ccccc3)nc(-c3ccccc3)cn2c1O.Oc1ccc(Cc2nc3c(Cc4ccccc4)nc(-c4ccc(F)c(F)c4)cn3c2O)cc1.Oc1ccc(Cc2nc3c(Cc4ccccc4)nc(-c4ccco4)cn3c2O)cc1.Oc1ccc(Cc2nc3c(Cc4ccccc4)nc(-c4ccncc4)cn3c2O)cc1. The van der Waals surface area contributed by atoms with Crippen molar-refractivity contribution in [3.8, 4) is 103 Å². The van der Waals surface area contributed by atoms with Gasteiger partial charge >= 0.3 is 0 Å². The Morgan fingerprint density at radius 1 is 0.245 bits per heavy atom. The van der Waals surface area contributed by atoms with E-state index in [9.17, 15) is 49.6 Å². The molecule has 0 aliphatic heterocycles. The maximum atomic E-state index is 13.9. The van der Waals surface area contributed by atoms with Crippen LogP contribution in [0.15, 0.2) is 382 Å². The Labute approximate surface area is 819 Å². The fourth-order valence-electron chi connectivity index (χ4n) is 16.8. The van der Waals surface area contributed by atoms with E-state index in [2.05, 4.69) is 56.3 Å². The summed E-state index contributed by atoms with van der Waals surface area (Å²) in [5, 5.41) is 82.2. The smallest absolute Gasteiger partial charge is 0.219 e. The molecule has 143 heavy (non-hydrogen) atoms. The largest absolute Gasteiger partial charge is 0.508 e. The quantitative estimate of drug-likeness (QED) is 0.0312. The third-order valence-electron chi connectivity index (χ3n) is 24.1. The molecule has 0 spiro atoms. The summed E-state index contributed by atoms with van der Waals surface area (Å²) in [6, 6.07) is 102. The number of pyridine rings is 1. The lowest BCUT2D eigenvalue weighted by atomic mass is 10.1. The highest BCUT2D eigenvalue weighted by Gasteiger charge is 2.26. The van der Waals surface area contributed by atoms with Crippen LogP contribution in [0.1, 0.15) is 108 Å². The van der Waals surface area contributed by atoms with Crippen LogP contribution < -0.4 is 0 Å². The summed E-state index contributed by atoms with van der Waals surface area (Å²) in [6.45, 7) is 3.79. The highest BCUT2D eigenvalue weighted by molar-refractivity contribution is 5.69. The maximum absolute atomic E-state index is 13.9. The number of phenols is 3. The Balaban J connectivity index is 0.000000114. The minimum absolute atomic E-state index is 0.0568. The molecule has 0 saturated heterocycles. The molecule has 11 aromatic carbocycles. The van der Waals surface area contributed by atoms with Crippen molar-refractivity contribution < 1.29 is 54.1 Å². The molecule has 0 amide bonds. The van der Waals surface area contributed by atoms with Gasteiger partial charge in [-0.2, -0.15) is 0 Å². The van der Waals surface area contributed by atoms with E-state index in [4.69, 9.17) is 39.3 Å². The van der Waals surface area contributed by atoms with Crippen LogP contribution in [-0.2, 0) is 57.8 Å². The van der Waals surface area contributed by atoms with Crippen LogP contribution in [0.25, 0.3) is 84.7 Å². The van der Waals surface area contributed by atoms with Crippen molar-refractivity contribution in [2.75, 3.05) is 0 Å². The van der Waals surface area contributed by atoms with Crippen LogP contribution in [0.2, 0.25) is 0 Å². The predicted octanol–water partition coefficient (Wildman–Crippen LogP) is 22.5. The number of aromatic nitrogens is 16. The van der Waals surface area contributed by atoms with Crippen molar-refractivity contribution >= 4 is 28.2 Å². The van der Waals surface area contributed by atoms with Crippen molar-refractivity contribution in [3.63, 3.8) is 0 Å². The first-order valence-electron chi connectivity index (χ1n) is 46.3. The Hall–Kier alpha value is -18.8. The van der Waals surface area contributed by atoms with E-state index < -0.39 is 11.6 Å². The monoisotopic (exact) mass is 1890 g/mol. The van der Waals surface area contributed by atoms with Gasteiger partial charge in [-0.1, -0.05) is 256 Å². The molecule has 0 saturated carbocycles. The third-order valence-corrected chi connectivity index (χ3v) is 24.1. The fourth-order valence-corrected chi connectivity index (χ4v) is 16.8. The molecule has 0 aliphatic rings. The van der Waals surface area contributed by atoms with Gasteiger partial charge in [-0.15, -0.1) is 0 Å². The summed E-state index contributed by atoms with van der Waals surface area (Å²) >= 11 is 0. The first kappa shape index (κ1) is 93.2. The summed E-state index contributed by atoms with van der Waals surface area (Å²) in [4.78, 5) is 51.3. The molecular weight excluding hydrogens is 1800 g/mol. The summed E-state index contributed by atoms with van der Waals surface area (Å²) in [5.41, 5.74) is 24.9. The Morgan fingerprint density at radius 3 is 0.839 bits per heavy atom. The summed E-state index contributed by atoms with van der Waals surface area (Å²) in [7, 11) is 0. The highest BCUT2D eigenvalue weighted by atomic mass is 19.2. The van der Waals surface area contributed by atoms with Gasteiger partial charge in [-0.05, 0) is 137 Å². The number of aryl methyl sites for hydroxylation is 2. The molecule has 0 atom stereocenters. The predicted molar refractivity (Wildman–Crippen MR) is 544 cm³/mol. The fraction of sp³-hybridized carbons (Fsp3) is 0.0948. The molecule has 27 heteroatoms. The van der Waals surface area contributed by atoms with Crippen molar-refractivity contribution in [3.05, 3.63) is 490 Å². The number of furan rings is 1. The number of hydrogen-bond donors (Lipinski definition) is 8. The molecule has 25 nitrogen and oxygen atoms in total. The molecule has 0 fully saturated rings. The van der Waals surface area contributed by atoms with Crippen molar-refractivity contribution in [1.82, 2.24) is 76.8 Å². The van der Waals surface area contributed by atoms with E-state index in [1.807, 2.05) is 250 Å². The molecule has 706 valence electrons. The van der Waals surface area contributed by atoms with Crippen molar-refractivity contribution in [1.29, 1.82) is 0 Å². The lowest BCUT2D eigenvalue weighted by Gasteiger charge is -2.09. The molecule has 0 unspecified atom stereocenters.